The van der Waals surface area contributed by atoms with Crippen molar-refractivity contribution in [1.82, 2.24) is 5.32 Å². The van der Waals surface area contributed by atoms with E-state index in [1.165, 1.54) is 51.4 Å². The number of allylic oxidation sites excluding steroid dienone is 7. The first kappa shape index (κ1) is 44.2. The molecule has 1 saturated heterocycles. The van der Waals surface area contributed by atoms with E-state index in [-0.39, 0.29) is 12.5 Å². The topological polar surface area (TPSA) is 149 Å². The Morgan fingerprint density at radius 3 is 1.81 bits per heavy atom. The molecule has 0 spiro atoms. The minimum absolute atomic E-state index is 0.213. The van der Waals surface area contributed by atoms with E-state index in [9.17, 15) is 30.3 Å². The van der Waals surface area contributed by atoms with Crippen LogP contribution in [0, 0.1) is 0 Å². The van der Waals surface area contributed by atoms with Gasteiger partial charge in [0.2, 0.25) is 5.91 Å². The molecule has 0 saturated carbocycles. The van der Waals surface area contributed by atoms with Crippen molar-refractivity contribution in [3.8, 4) is 0 Å². The van der Waals surface area contributed by atoms with E-state index >= 15 is 0 Å². The van der Waals surface area contributed by atoms with Crippen LogP contribution in [0.3, 0.4) is 0 Å². The number of unbranched alkanes of at least 4 members (excludes halogenated alkanes) is 13. The van der Waals surface area contributed by atoms with Crippen LogP contribution in [0.4, 0.5) is 0 Å². The standard InChI is InChI=1S/C39H69NO8/c1-3-5-7-9-11-13-15-17-19-21-23-25-27-29-35(43)40-32(31-47-39-38(46)37(45)36(44)34(30-41)48-39)33(42)28-26-24-22-20-18-16-14-12-10-8-6-4-2/h10,12,17-20,26,28,32-34,36-39,41-42,44-46H,3-9,11,13-16,21-25,27,29-31H2,1-2H3,(H,40,43)/b12-10+,19-17-,20-18+,28-26+. The number of hydrogen-bond acceptors (Lipinski definition) is 8. The SMILES string of the molecule is CCCC/C=C/CC/C=C/CC/C=C/C(O)C(COC1OC(CO)C(O)C(O)C1O)NC(=O)CCCCC/C=C\CCCCCCCC. The van der Waals surface area contributed by atoms with E-state index in [1.54, 1.807) is 6.08 Å². The highest BCUT2D eigenvalue weighted by molar-refractivity contribution is 5.76. The molecule has 0 aromatic rings. The van der Waals surface area contributed by atoms with Crippen molar-refractivity contribution in [1.29, 1.82) is 0 Å². The van der Waals surface area contributed by atoms with E-state index < -0.39 is 49.5 Å². The third-order valence-corrected chi connectivity index (χ3v) is 8.60. The Bertz CT molecular complexity index is 889. The van der Waals surface area contributed by atoms with Crippen LogP contribution < -0.4 is 5.32 Å². The minimum atomic E-state index is -1.57. The van der Waals surface area contributed by atoms with Crippen molar-refractivity contribution >= 4 is 5.91 Å². The highest BCUT2D eigenvalue weighted by atomic mass is 16.7. The second-order valence-corrected chi connectivity index (χ2v) is 13.0. The van der Waals surface area contributed by atoms with Crippen LogP contribution in [-0.4, -0.2) is 87.5 Å². The van der Waals surface area contributed by atoms with Gasteiger partial charge in [-0.25, -0.2) is 0 Å². The van der Waals surface area contributed by atoms with E-state index in [4.69, 9.17) is 9.47 Å². The maximum absolute atomic E-state index is 12.8. The van der Waals surface area contributed by atoms with Crippen molar-refractivity contribution in [2.24, 2.45) is 0 Å². The van der Waals surface area contributed by atoms with Gasteiger partial charge in [-0.15, -0.1) is 0 Å². The number of hydrogen-bond donors (Lipinski definition) is 6. The third-order valence-electron chi connectivity index (χ3n) is 8.60. The highest BCUT2D eigenvalue weighted by Gasteiger charge is 2.44. The molecule has 0 radical (unpaired) electrons. The quantitative estimate of drug-likeness (QED) is 0.0397. The van der Waals surface area contributed by atoms with Crippen molar-refractivity contribution < 1.29 is 39.8 Å². The van der Waals surface area contributed by atoms with Crippen LogP contribution in [0.25, 0.3) is 0 Å². The Kier molecular flexibility index (Phi) is 27.6. The van der Waals surface area contributed by atoms with E-state index in [0.717, 1.165) is 64.2 Å². The normalized spacial score (nSPS) is 23.2. The lowest BCUT2D eigenvalue weighted by Crippen LogP contribution is -2.60. The molecule has 0 aromatic carbocycles. The second kappa shape index (κ2) is 30.0. The molecule has 1 fully saturated rings. The molecular weight excluding hydrogens is 610 g/mol. The molecule has 0 aromatic heterocycles. The second-order valence-electron chi connectivity index (χ2n) is 13.0. The van der Waals surface area contributed by atoms with Gasteiger partial charge in [0, 0.05) is 6.42 Å². The van der Waals surface area contributed by atoms with Crippen molar-refractivity contribution in [2.45, 2.75) is 179 Å². The molecule has 1 aliphatic heterocycles. The molecule has 48 heavy (non-hydrogen) atoms. The fraction of sp³-hybridized carbons (Fsp3) is 0.769. The van der Waals surface area contributed by atoms with Gasteiger partial charge in [-0.2, -0.15) is 0 Å². The molecule has 0 aliphatic carbocycles. The molecule has 1 heterocycles. The van der Waals surface area contributed by atoms with Gasteiger partial charge < -0.3 is 40.3 Å². The number of carbonyl (C=O) groups is 1. The van der Waals surface area contributed by atoms with Gasteiger partial charge in [0.1, 0.15) is 24.4 Å². The summed E-state index contributed by atoms with van der Waals surface area (Å²) in [5.74, 6) is -0.213. The molecule has 0 bridgehead atoms. The maximum Gasteiger partial charge on any atom is 0.220 e. The smallest absolute Gasteiger partial charge is 0.220 e. The summed E-state index contributed by atoms with van der Waals surface area (Å²) in [6.45, 7) is 3.64. The fourth-order valence-electron chi connectivity index (χ4n) is 5.46. The Hall–Kier alpha value is -1.85. The average molecular weight is 680 g/mol. The Morgan fingerprint density at radius 2 is 1.21 bits per heavy atom. The van der Waals surface area contributed by atoms with Crippen LogP contribution >= 0.6 is 0 Å². The van der Waals surface area contributed by atoms with E-state index in [2.05, 4.69) is 55.6 Å². The average Bonchev–Trinajstić information content (AvgIpc) is 3.08. The first-order valence-corrected chi connectivity index (χ1v) is 18.9. The number of nitrogens with one attached hydrogen (secondary N) is 1. The molecule has 9 heteroatoms. The third kappa shape index (κ3) is 21.3. The Labute approximate surface area is 291 Å². The molecule has 1 amide bonds. The zero-order chi connectivity index (χ0) is 35.2. The Morgan fingerprint density at radius 1 is 0.688 bits per heavy atom. The lowest BCUT2D eigenvalue weighted by atomic mass is 9.99. The molecule has 7 unspecified atom stereocenters. The summed E-state index contributed by atoms with van der Waals surface area (Å²) in [6, 6.07) is -0.832. The summed E-state index contributed by atoms with van der Waals surface area (Å²) >= 11 is 0. The van der Waals surface area contributed by atoms with Gasteiger partial charge in [-0.05, 0) is 64.2 Å². The van der Waals surface area contributed by atoms with Crippen LogP contribution in [0.1, 0.15) is 136 Å². The zero-order valence-electron chi connectivity index (χ0n) is 30.0. The largest absolute Gasteiger partial charge is 0.394 e. The van der Waals surface area contributed by atoms with Crippen molar-refractivity contribution in [3.63, 3.8) is 0 Å². The van der Waals surface area contributed by atoms with E-state index in [0.29, 0.717) is 6.42 Å². The van der Waals surface area contributed by atoms with E-state index in [1.807, 2.05) is 6.08 Å². The maximum atomic E-state index is 12.8. The van der Waals surface area contributed by atoms with Gasteiger partial charge in [0.15, 0.2) is 6.29 Å². The van der Waals surface area contributed by atoms with Gasteiger partial charge in [0.25, 0.3) is 0 Å². The van der Waals surface area contributed by atoms with Gasteiger partial charge in [0.05, 0.1) is 25.4 Å². The number of amides is 1. The fourth-order valence-corrected chi connectivity index (χ4v) is 5.46. The minimum Gasteiger partial charge on any atom is -0.394 e. The predicted molar refractivity (Wildman–Crippen MR) is 193 cm³/mol. The van der Waals surface area contributed by atoms with Gasteiger partial charge in [-0.1, -0.05) is 114 Å². The Balaban J connectivity index is 2.53. The first-order valence-electron chi connectivity index (χ1n) is 18.9. The summed E-state index contributed by atoms with van der Waals surface area (Å²) in [5.41, 5.74) is 0. The number of carbonyl (C=O) groups excluding carboxylic acids is 1. The lowest BCUT2D eigenvalue weighted by molar-refractivity contribution is -0.302. The summed E-state index contributed by atoms with van der Waals surface area (Å²) in [5, 5.41) is 53.8. The summed E-state index contributed by atoms with van der Waals surface area (Å²) in [7, 11) is 0. The molecule has 278 valence electrons. The predicted octanol–water partition coefficient (Wildman–Crippen LogP) is 6.33. The number of aliphatic hydroxyl groups is 5. The number of aliphatic hydroxyl groups excluding tert-OH is 5. The van der Waals surface area contributed by atoms with Crippen molar-refractivity contribution in [2.75, 3.05) is 13.2 Å². The number of rotatable bonds is 29. The van der Waals surface area contributed by atoms with Crippen LogP contribution in [0.15, 0.2) is 48.6 Å². The van der Waals surface area contributed by atoms with Gasteiger partial charge >= 0.3 is 0 Å². The van der Waals surface area contributed by atoms with Crippen LogP contribution in [0.2, 0.25) is 0 Å². The van der Waals surface area contributed by atoms with Gasteiger partial charge in [-0.3, -0.25) is 4.79 Å². The molecule has 9 nitrogen and oxygen atoms in total. The highest BCUT2D eigenvalue weighted by Crippen LogP contribution is 2.22. The summed E-state index contributed by atoms with van der Waals surface area (Å²) in [4.78, 5) is 12.8. The summed E-state index contributed by atoms with van der Waals surface area (Å²) in [6.07, 6.45) is 28.7. The lowest BCUT2D eigenvalue weighted by Gasteiger charge is -2.40. The first-order chi connectivity index (χ1) is 23.3. The number of ether oxygens (including phenoxy) is 2. The molecule has 6 N–H and O–H groups in total. The zero-order valence-corrected chi connectivity index (χ0v) is 30.0. The van der Waals surface area contributed by atoms with Crippen LogP contribution in [-0.2, 0) is 14.3 Å². The van der Waals surface area contributed by atoms with Crippen LogP contribution in [0.5, 0.6) is 0 Å². The molecule has 1 rings (SSSR count). The monoisotopic (exact) mass is 680 g/mol. The molecule has 1 aliphatic rings. The summed E-state index contributed by atoms with van der Waals surface area (Å²) < 4.78 is 11.1. The van der Waals surface area contributed by atoms with Crippen molar-refractivity contribution in [3.05, 3.63) is 48.6 Å². The molecule has 7 atom stereocenters. The molecular formula is C39H69NO8.